The number of nitrogens with zero attached hydrogens (tertiary/aromatic N) is 3. The van der Waals surface area contributed by atoms with Crippen LogP contribution < -0.4 is 10.6 Å². The van der Waals surface area contributed by atoms with Gasteiger partial charge in [-0.3, -0.25) is 0 Å². The van der Waals surface area contributed by atoms with Crippen molar-refractivity contribution in [1.29, 1.82) is 0 Å². The molecule has 1 aromatic heterocycles. The van der Waals surface area contributed by atoms with E-state index in [1.165, 1.54) is 0 Å². The van der Waals surface area contributed by atoms with E-state index in [9.17, 15) is 13.2 Å². The summed E-state index contributed by atoms with van der Waals surface area (Å²) < 4.78 is 38.0. The predicted octanol–water partition coefficient (Wildman–Crippen LogP) is 1.82. The van der Waals surface area contributed by atoms with Crippen LogP contribution in [-0.2, 0) is 6.18 Å². The lowest BCUT2D eigenvalue weighted by molar-refractivity contribution is -0.141. The number of nitrogens with two attached hydrogens (primary N) is 1. The second-order valence-corrected chi connectivity index (χ2v) is 4.98. The van der Waals surface area contributed by atoms with Gasteiger partial charge in [-0.1, -0.05) is 0 Å². The van der Waals surface area contributed by atoms with Crippen LogP contribution in [0.25, 0.3) is 0 Å². The first kappa shape index (κ1) is 13.9. The quantitative estimate of drug-likeness (QED) is 0.893. The molecule has 19 heavy (non-hydrogen) atoms. The lowest BCUT2D eigenvalue weighted by Gasteiger charge is -2.23. The van der Waals surface area contributed by atoms with Gasteiger partial charge in [0, 0.05) is 19.1 Å². The maximum atomic E-state index is 12.7. The Hall–Kier alpha value is -1.50. The van der Waals surface area contributed by atoms with Gasteiger partial charge in [-0.2, -0.15) is 13.2 Å². The van der Waals surface area contributed by atoms with Crippen LogP contribution >= 0.6 is 0 Å². The molecule has 0 radical (unpaired) electrons. The summed E-state index contributed by atoms with van der Waals surface area (Å²) in [5.41, 5.74) is 5.56. The molecule has 1 aromatic rings. The number of likely N-dealkylation sites (N-methyl/N-ethyl adjacent to an activating group) is 1. The summed E-state index contributed by atoms with van der Waals surface area (Å²) in [5, 5.41) is 0. The second-order valence-electron chi connectivity index (χ2n) is 4.98. The van der Waals surface area contributed by atoms with Gasteiger partial charge >= 0.3 is 6.18 Å². The van der Waals surface area contributed by atoms with E-state index >= 15 is 0 Å². The highest BCUT2D eigenvalue weighted by atomic mass is 19.4. The molecule has 2 rings (SSSR count). The number of aromatic nitrogens is 1. The highest BCUT2D eigenvalue weighted by Gasteiger charge is 2.34. The first-order valence-corrected chi connectivity index (χ1v) is 6.03. The van der Waals surface area contributed by atoms with Gasteiger partial charge in [0.25, 0.3) is 0 Å². The molecule has 0 spiro atoms. The Kier molecular flexibility index (Phi) is 3.58. The zero-order valence-electron chi connectivity index (χ0n) is 10.9. The Morgan fingerprint density at radius 3 is 2.63 bits per heavy atom. The molecular weight excluding hydrogens is 257 g/mol. The van der Waals surface area contributed by atoms with Crippen LogP contribution in [0.2, 0.25) is 0 Å². The molecule has 4 nitrogen and oxygen atoms in total. The van der Waals surface area contributed by atoms with Gasteiger partial charge in [-0.25, -0.2) is 4.98 Å². The molecule has 1 aliphatic rings. The van der Waals surface area contributed by atoms with Crippen molar-refractivity contribution in [3.05, 3.63) is 18.0 Å². The number of halogens is 3. The summed E-state index contributed by atoms with van der Waals surface area (Å²) >= 11 is 0. The first-order chi connectivity index (χ1) is 8.79. The fourth-order valence-electron chi connectivity index (χ4n) is 2.27. The van der Waals surface area contributed by atoms with Crippen molar-refractivity contribution in [1.82, 2.24) is 9.88 Å². The molecule has 0 amide bonds. The lowest BCUT2D eigenvalue weighted by Crippen LogP contribution is -2.31. The van der Waals surface area contributed by atoms with Crippen LogP contribution in [0.4, 0.5) is 24.5 Å². The third kappa shape index (κ3) is 2.91. The minimum Gasteiger partial charge on any atom is -0.396 e. The van der Waals surface area contributed by atoms with Gasteiger partial charge < -0.3 is 15.5 Å². The number of hydrogen-bond acceptors (Lipinski definition) is 4. The molecule has 0 aliphatic carbocycles. The number of rotatable bonds is 2. The molecule has 0 bridgehead atoms. The van der Waals surface area contributed by atoms with Crippen molar-refractivity contribution in [2.75, 3.05) is 37.8 Å². The molecule has 1 fully saturated rings. The first-order valence-electron chi connectivity index (χ1n) is 6.03. The van der Waals surface area contributed by atoms with E-state index < -0.39 is 11.9 Å². The molecule has 0 aromatic carbocycles. The maximum absolute atomic E-state index is 12.7. The van der Waals surface area contributed by atoms with Crippen molar-refractivity contribution in [2.45, 2.75) is 18.6 Å². The van der Waals surface area contributed by atoms with Crippen molar-refractivity contribution in [3.63, 3.8) is 0 Å². The minimum atomic E-state index is -4.44. The Labute approximate surface area is 110 Å². The standard InChI is InChI=1S/C12H17F3N4/c1-18(2)8-3-4-19(7-8)10-5-11(12(13,14)15)17-6-9(10)16/h5-6,8H,3-4,7,16H2,1-2H3. The van der Waals surface area contributed by atoms with Crippen molar-refractivity contribution < 1.29 is 13.2 Å². The Morgan fingerprint density at radius 2 is 2.11 bits per heavy atom. The molecule has 7 heteroatoms. The third-order valence-corrected chi connectivity index (χ3v) is 3.44. The number of pyridine rings is 1. The van der Waals surface area contributed by atoms with Crippen LogP contribution in [0.1, 0.15) is 12.1 Å². The largest absolute Gasteiger partial charge is 0.433 e. The average Bonchev–Trinajstić information content (AvgIpc) is 2.77. The number of anilines is 2. The van der Waals surface area contributed by atoms with Crippen LogP contribution in [0.15, 0.2) is 12.3 Å². The molecule has 1 unspecified atom stereocenters. The topological polar surface area (TPSA) is 45.4 Å². The highest BCUT2D eigenvalue weighted by Crippen LogP contribution is 2.34. The SMILES string of the molecule is CN(C)C1CCN(c2cc(C(F)(F)F)ncc2N)C1. The van der Waals surface area contributed by atoms with Gasteiger partial charge in [0.1, 0.15) is 5.69 Å². The van der Waals surface area contributed by atoms with Crippen molar-refractivity contribution >= 4 is 11.4 Å². The number of hydrogen-bond donors (Lipinski definition) is 1. The van der Waals surface area contributed by atoms with E-state index in [1.807, 2.05) is 19.0 Å². The molecular formula is C12H17F3N4. The van der Waals surface area contributed by atoms with E-state index in [0.717, 1.165) is 18.7 Å². The van der Waals surface area contributed by atoms with E-state index in [-0.39, 0.29) is 5.69 Å². The summed E-state index contributed by atoms with van der Waals surface area (Å²) in [5.74, 6) is 0. The molecule has 106 valence electrons. The van der Waals surface area contributed by atoms with Crippen molar-refractivity contribution in [2.24, 2.45) is 0 Å². The van der Waals surface area contributed by atoms with Crippen LogP contribution in [0.3, 0.4) is 0 Å². The summed E-state index contributed by atoms with van der Waals surface area (Å²) in [6.07, 6.45) is -2.44. The Balaban J connectivity index is 2.25. The molecule has 2 N–H and O–H groups in total. The van der Waals surface area contributed by atoms with Gasteiger partial charge in [-0.05, 0) is 26.6 Å². The summed E-state index contributed by atoms with van der Waals surface area (Å²) in [4.78, 5) is 7.31. The van der Waals surface area contributed by atoms with Gasteiger partial charge in [-0.15, -0.1) is 0 Å². The lowest BCUT2D eigenvalue weighted by atomic mass is 10.2. The average molecular weight is 274 g/mol. The van der Waals surface area contributed by atoms with E-state index in [2.05, 4.69) is 9.88 Å². The molecule has 1 saturated heterocycles. The summed E-state index contributed by atoms with van der Waals surface area (Å²) in [6, 6.07) is 1.37. The summed E-state index contributed by atoms with van der Waals surface area (Å²) in [7, 11) is 3.93. The van der Waals surface area contributed by atoms with Crippen molar-refractivity contribution in [3.8, 4) is 0 Å². The maximum Gasteiger partial charge on any atom is 0.433 e. The van der Waals surface area contributed by atoms with E-state index in [1.54, 1.807) is 0 Å². The fourth-order valence-corrected chi connectivity index (χ4v) is 2.27. The van der Waals surface area contributed by atoms with E-state index in [4.69, 9.17) is 5.73 Å². The molecule has 0 saturated carbocycles. The molecule has 1 atom stereocenters. The normalized spacial score (nSPS) is 20.3. The van der Waals surface area contributed by atoms with Crippen LogP contribution in [0.5, 0.6) is 0 Å². The third-order valence-electron chi connectivity index (χ3n) is 3.44. The zero-order valence-corrected chi connectivity index (χ0v) is 10.9. The van der Waals surface area contributed by atoms with E-state index in [0.29, 0.717) is 24.8 Å². The monoisotopic (exact) mass is 274 g/mol. The van der Waals surface area contributed by atoms with Gasteiger partial charge in [0.05, 0.1) is 17.6 Å². The second kappa shape index (κ2) is 4.88. The minimum absolute atomic E-state index is 0.285. The van der Waals surface area contributed by atoms with Gasteiger partial charge in [0.2, 0.25) is 0 Å². The Bertz CT molecular complexity index is 459. The number of alkyl halides is 3. The highest BCUT2D eigenvalue weighted by molar-refractivity contribution is 5.67. The molecule has 1 aliphatic heterocycles. The predicted molar refractivity (Wildman–Crippen MR) is 68.0 cm³/mol. The fraction of sp³-hybridized carbons (Fsp3) is 0.583. The zero-order chi connectivity index (χ0) is 14.2. The smallest absolute Gasteiger partial charge is 0.396 e. The van der Waals surface area contributed by atoms with Crippen LogP contribution in [0, 0.1) is 0 Å². The van der Waals surface area contributed by atoms with Crippen LogP contribution in [-0.4, -0.2) is 43.1 Å². The number of nitrogen functional groups attached to an aromatic ring is 1. The molecule has 2 heterocycles. The van der Waals surface area contributed by atoms with Gasteiger partial charge in [0.15, 0.2) is 0 Å². The Morgan fingerprint density at radius 1 is 1.42 bits per heavy atom. The summed E-state index contributed by atoms with van der Waals surface area (Å²) in [6.45, 7) is 1.38.